The van der Waals surface area contributed by atoms with Crippen molar-refractivity contribution in [3.63, 3.8) is 0 Å². The smallest absolute Gasteiger partial charge is 0.272 e. The number of hydrogen-bond acceptors (Lipinski definition) is 21. The largest absolute Gasteiger partial charge is 0.487 e. The van der Waals surface area contributed by atoms with Gasteiger partial charge in [0.1, 0.15) is 60.3 Å². The second-order valence-corrected chi connectivity index (χ2v) is 29.4. The number of allylic oxidation sites excluding steroid dienone is 4. The Balaban J connectivity index is 0.000000200. The molecule has 0 atom stereocenters. The highest BCUT2D eigenvalue weighted by atomic mass is 127. The first-order valence-electron chi connectivity index (χ1n) is 39.0. The molecule has 8 N–H and O–H groups in total. The van der Waals surface area contributed by atoms with Crippen LogP contribution in [0.4, 0.5) is 70.0 Å². The third-order valence-corrected chi connectivity index (χ3v) is 19.9. The number of ether oxygens (including phenoxy) is 7. The van der Waals surface area contributed by atoms with Gasteiger partial charge in [-0.3, -0.25) is 14.4 Å². The number of nitrogens with two attached hydrogens (primary N) is 4. The summed E-state index contributed by atoms with van der Waals surface area (Å²) in [4.78, 5) is 55.1. The highest BCUT2D eigenvalue weighted by molar-refractivity contribution is 14.1. The molecule has 1 aliphatic heterocycles. The fourth-order valence-electron chi connectivity index (χ4n) is 13.1. The normalized spacial score (nSPS) is 12.8. The van der Waals surface area contributed by atoms with Crippen LogP contribution in [0.3, 0.4) is 0 Å². The maximum absolute atomic E-state index is 14.0. The Morgan fingerprint density at radius 3 is 1.35 bits per heavy atom. The van der Waals surface area contributed by atoms with Crippen LogP contribution in [0.5, 0.6) is 52.1 Å². The number of fused-ring (bicyclic) bond motifs is 3. The molecule has 15 rings (SSSR count). The summed E-state index contributed by atoms with van der Waals surface area (Å²) in [5.41, 5.74) is 35.1. The van der Waals surface area contributed by atoms with E-state index in [2.05, 4.69) is 63.7 Å². The Hall–Kier alpha value is -12.8. The van der Waals surface area contributed by atoms with Crippen molar-refractivity contribution in [2.24, 2.45) is 11.7 Å². The van der Waals surface area contributed by atoms with Gasteiger partial charge in [-0.05, 0) is 194 Å². The standard InChI is InChI=1S/C31H26F4N4O4.C27H21F4N5O3.C17H15BrF2N2O2.C13H12F2N2O.CH3I.ClH.H2/c1-16-5-28(43-30-23(32)3-2-4-24(30)33)37-12-25(16)39-31(36)22(11-38-39)29(40)21-8-18-7-20(6-17-13-41-14-17)26(10-19(18)9-21)42-15-27(34)35;1-13-5-24(39-26-18(28)3-2-4-19(26)29)34-11-21(13)36-27(33)17(10-35-36)25(37)16-6-14-8-20(32)22(9-15(14)7-16)38-12-23(30)31;1-22(2)8-13(7-21)17(23)12-3-10-5-14(18)15(6-11(10)4-12)24-9-16(19)20;1-8-5-12(17-7-9(8)6-16)18-13-10(14)3-2-4-11(13)15;1-2;;/h2-5,7,9-12,17,27H,6,8,13-15,36H2,1H3;2-5,7-11,23H,6,12,32-33H2,1H3;4-6,8,16H,3,9H2,1-2H3;2-5,7H,6,16H2,1H3;1H3;2*1H/i;;;;;;1+2T. The van der Waals surface area contributed by atoms with Crippen molar-refractivity contribution in [2.45, 2.75) is 72.3 Å². The monoisotopic (exact) mass is 1960 g/mol. The molecule has 0 unspecified atom stereocenters. The van der Waals surface area contributed by atoms with Crippen LogP contribution in [0, 0.1) is 72.9 Å². The number of para-hydroxylation sites is 3. The molecule has 0 spiro atoms. The number of nitrogen functional groups attached to an aromatic ring is 3. The second kappa shape index (κ2) is 43.4. The summed E-state index contributed by atoms with van der Waals surface area (Å²) in [6, 6.07) is 26.7. The molecular weight excluding hydrogens is 1880 g/mol. The summed E-state index contributed by atoms with van der Waals surface area (Å²) in [6.45, 7) is 4.57. The number of benzene rings is 6. The molecule has 11 aromatic rings. The first-order chi connectivity index (χ1) is 61.2. The Morgan fingerprint density at radius 1 is 0.567 bits per heavy atom. The lowest BCUT2D eigenvalue weighted by Gasteiger charge is -2.27. The lowest BCUT2D eigenvalue weighted by molar-refractivity contribution is -0.112. The minimum atomic E-state index is -2.65. The number of halogens is 15. The molecule has 666 valence electrons. The number of pyridine rings is 3. The van der Waals surface area contributed by atoms with Gasteiger partial charge >= 0.3 is 0 Å². The number of nitrogens with zero attached hydrogens (tertiary/aromatic N) is 9. The quantitative estimate of drug-likeness (QED) is 0.00707. The van der Waals surface area contributed by atoms with Gasteiger partial charge in [-0.1, -0.05) is 46.9 Å². The van der Waals surface area contributed by atoms with E-state index in [1.807, 2.05) is 24.0 Å². The summed E-state index contributed by atoms with van der Waals surface area (Å²) >= 11 is 5.43. The van der Waals surface area contributed by atoms with Crippen LogP contribution in [0.2, 0.25) is 0 Å². The molecular formula is C89H80BrClF12IN13O10. The summed E-state index contributed by atoms with van der Waals surface area (Å²) < 4.78 is 208. The van der Waals surface area contributed by atoms with Crippen LogP contribution in [0.15, 0.2) is 173 Å². The van der Waals surface area contributed by atoms with Gasteiger partial charge in [0.25, 0.3) is 19.3 Å². The maximum atomic E-state index is 14.0. The third-order valence-electron chi connectivity index (χ3n) is 19.3. The highest BCUT2D eigenvalue weighted by Crippen LogP contribution is 2.41. The molecule has 38 heteroatoms. The number of rotatable bonds is 27. The molecule has 0 saturated carbocycles. The van der Waals surface area contributed by atoms with Crippen LogP contribution < -0.4 is 51.4 Å². The van der Waals surface area contributed by atoms with Crippen molar-refractivity contribution in [1.29, 1.82) is 5.26 Å². The molecule has 6 aromatic carbocycles. The van der Waals surface area contributed by atoms with Crippen LogP contribution in [-0.4, -0.2) is 128 Å². The number of nitriles is 1. The van der Waals surface area contributed by atoms with E-state index >= 15 is 0 Å². The van der Waals surface area contributed by atoms with Gasteiger partial charge < -0.3 is 61.0 Å². The van der Waals surface area contributed by atoms with E-state index in [0.717, 1.165) is 75.3 Å². The molecule has 1 saturated heterocycles. The van der Waals surface area contributed by atoms with Crippen LogP contribution in [0.25, 0.3) is 29.6 Å². The van der Waals surface area contributed by atoms with Gasteiger partial charge in [0.05, 0.1) is 70.7 Å². The minimum absolute atomic E-state index is 0. The van der Waals surface area contributed by atoms with Gasteiger partial charge in [0.2, 0.25) is 40.7 Å². The molecule has 0 amide bonds. The van der Waals surface area contributed by atoms with E-state index < -0.39 is 91.2 Å². The summed E-state index contributed by atoms with van der Waals surface area (Å²) in [5, 5.41) is 17.7. The average molecular weight is 1970 g/mol. The SMILES string of the molecule is CI.CN(C)C=C(C#N)C(=O)C1=Cc2cc(OCC(F)F)c(Br)cc2C1.Cc1cc(Oc2c(F)cccc2F)ncc1-n1ncc(C(=O)C2=Cc3cc(OCC(F)F)c(CC4COC4)cc3C2)c1N.Cc1cc(Oc2c(F)cccc2F)ncc1-n1ncc(C(=O)C2=Cc3cc(OCC(F)F)c(N)cc3C2)c1N.Cc1cc(Oc2c(F)cccc2F)ncc1CN.Cl.[3H][3H]. The Morgan fingerprint density at radius 2 is 0.953 bits per heavy atom. The summed E-state index contributed by atoms with van der Waals surface area (Å²) in [6.07, 6.45) is 7.20. The number of anilines is 3. The lowest BCUT2D eigenvalue weighted by Crippen LogP contribution is -2.29. The zero-order valence-electron chi connectivity index (χ0n) is 70.1. The summed E-state index contributed by atoms with van der Waals surface area (Å²) in [5.74, 6) is -6.43. The van der Waals surface area contributed by atoms with Crippen molar-refractivity contribution < 1.29 is 103 Å². The van der Waals surface area contributed by atoms with Crippen molar-refractivity contribution in [1.82, 2.24) is 39.4 Å². The minimum Gasteiger partial charge on any atom is -0.487 e. The number of carbonyl (C=O) groups is 3. The number of aromatic nitrogens is 7. The molecule has 127 heavy (non-hydrogen) atoms. The number of ketones is 3. The van der Waals surface area contributed by atoms with E-state index in [-0.39, 0.29) is 99.5 Å². The topological polar surface area (TPSA) is 321 Å². The van der Waals surface area contributed by atoms with Gasteiger partial charge in [-0.15, -0.1) is 12.4 Å². The fourth-order valence-corrected chi connectivity index (χ4v) is 13.6. The van der Waals surface area contributed by atoms with Crippen LogP contribution in [-0.2, 0) is 41.8 Å². The molecule has 0 radical (unpaired) electrons. The zero-order chi connectivity index (χ0) is 93.1. The Labute approximate surface area is 750 Å². The Bertz CT molecular complexity index is 6080. The van der Waals surface area contributed by atoms with E-state index in [0.29, 0.717) is 105 Å². The average Bonchev–Trinajstić information content (AvgIpc) is 1.65. The number of aryl methyl sites for hydroxylation is 3. The van der Waals surface area contributed by atoms with E-state index in [1.165, 1.54) is 82.9 Å². The zero-order valence-corrected chi connectivity index (χ0v) is 72.6. The second-order valence-electron chi connectivity index (χ2n) is 28.5. The Kier molecular flexibility index (Phi) is 32.4. The molecule has 3 aliphatic carbocycles. The highest BCUT2D eigenvalue weighted by Gasteiger charge is 2.31. The summed E-state index contributed by atoms with van der Waals surface area (Å²) in [7, 11) is 3.46. The van der Waals surface area contributed by atoms with Gasteiger partial charge in [0, 0.05) is 96.1 Å². The number of hydrogen-bond donors (Lipinski definition) is 4. The van der Waals surface area contributed by atoms with Gasteiger partial charge in [0.15, 0.2) is 46.5 Å². The maximum Gasteiger partial charge on any atom is 0.272 e. The molecule has 1 fully saturated rings. The van der Waals surface area contributed by atoms with Gasteiger partial charge in [-0.2, -0.15) is 15.5 Å². The van der Waals surface area contributed by atoms with E-state index in [9.17, 15) is 67.1 Å². The number of Topliss-reactive ketones (excluding diaryl/α,β-unsaturated/α-hetero) is 3. The first kappa shape index (κ1) is 94.9. The van der Waals surface area contributed by atoms with Crippen molar-refractivity contribution in [3.05, 3.63) is 280 Å². The third kappa shape index (κ3) is 23.7. The van der Waals surface area contributed by atoms with Gasteiger partial charge in [-0.25, -0.2) is 77.0 Å². The lowest BCUT2D eigenvalue weighted by atomic mass is 9.94. The van der Waals surface area contributed by atoms with Crippen molar-refractivity contribution in [3.8, 4) is 69.6 Å². The van der Waals surface area contributed by atoms with Crippen LogP contribution in [0.1, 0.15) is 84.9 Å². The predicted molar refractivity (Wildman–Crippen MR) is 467 cm³/mol. The number of carbonyl (C=O) groups excluding carboxylic acids is 3. The van der Waals surface area contributed by atoms with E-state index in [1.54, 1.807) is 81.4 Å². The molecule has 0 bridgehead atoms. The fraction of sp³-hybridized carbons (Fsp3) is 0.225. The van der Waals surface area contributed by atoms with Crippen molar-refractivity contribution in [2.75, 3.05) is 69.3 Å². The molecule has 5 aromatic heterocycles. The van der Waals surface area contributed by atoms with Crippen LogP contribution >= 0.6 is 50.9 Å². The molecule has 4 aliphatic rings. The molecule has 23 nitrogen and oxygen atoms in total. The van der Waals surface area contributed by atoms with Crippen molar-refractivity contribution >= 4 is 104 Å². The number of alkyl halides is 7. The predicted octanol–water partition coefficient (Wildman–Crippen LogP) is 19.4. The van der Waals surface area contributed by atoms with E-state index in [4.69, 9.17) is 64.3 Å². The first-order valence-corrected chi connectivity index (χ1v) is 40.9. The molecule has 6 heterocycles.